The molecule has 0 fully saturated rings. The van der Waals surface area contributed by atoms with Crippen molar-refractivity contribution in [2.75, 3.05) is 24.7 Å². The first kappa shape index (κ1) is 19.4. The first-order valence-electron chi connectivity index (χ1n) is 7.49. The Morgan fingerprint density at radius 3 is 2.56 bits per heavy atom. The number of nitrogens with one attached hydrogen (secondary N) is 1. The fraction of sp³-hybridized carbons (Fsp3) is 0.235. The van der Waals surface area contributed by atoms with E-state index in [0.29, 0.717) is 11.4 Å². The third-order valence-electron chi connectivity index (χ3n) is 3.44. The Bertz CT molecular complexity index is 858. The van der Waals surface area contributed by atoms with Gasteiger partial charge < -0.3 is 5.32 Å². The van der Waals surface area contributed by atoms with Crippen molar-refractivity contribution in [2.24, 2.45) is 0 Å². The van der Waals surface area contributed by atoms with Gasteiger partial charge in [0.05, 0.1) is 12.8 Å². The SMILES string of the molecule is CS(=O)(=O)N(CCc1cccc(Cl)c1)CC(=O)Nc1cccc(F)c1. The maximum Gasteiger partial charge on any atom is 0.239 e. The molecule has 1 amide bonds. The molecule has 5 nitrogen and oxygen atoms in total. The first-order valence-corrected chi connectivity index (χ1v) is 9.71. The monoisotopic (exact) mass is 384 g/mol. The van der Waals surface area contributed by atoms with Crippen molar-refractivity contribution in [3.63, 3.8) is 0 Å². The number of halogens is 2. The van der Waals surface area contributed by atoms with Gasteiger partial charge in [0.15, 0.2) is 0 Å². The molecule has 0 heterocycles. The van der Waals surface area contributed by atoms with Crippen LogP contribution in [0.5, 0.6) is 0 Å². The highest BCUT2D eigenvalue weighted by Gasteiger charge is 2.20. The van der Waals surface area contributed by atoms with Gasteiger partial charge in [0.1, 0.15) is 5.82 Å². The predicted octanol–water partition coefficient (Wildman–Crippen LogP) is 2.92. The van der Waals surface area contributed by atoms with Crippen LogP contribution < -0.4 is 5.32 Å². The molecular formula is C17H18ClFN2O3S. The van der Waals surface area contributed by atoms with E-state index < -0.39 is 21.7 Å². The lowest BCUT2D eigenvalue weighted by Gasteiger charge is -2.19. The molecule has 0 aliphatic rings. The second kappa shape index (κ2) is 8.42. The summed E-state index contributed by atoms with van der Waals surface area (Å²) in [5.41, 5.74) is 1.14. The number of carbonyl (C=O) groups excluding carboxylic acids is 1. The number of anilines is 1. The average molecular weight is 385 g/mol. The molecular weight excluding hydrogens is 367 g/mol. The van der Waals surface area contributed by atoms with E-state index in [2.05, 4.69) is 5.32 Å². The second-order valence-electron chi connectivity index (χ2n) is 5.53. The van der Waals surface area contributed by atoms with Crippen LogP contribution in [0.3, 0.4) is 0 Å². The van der Waals surface area contributed by atoms with Crippen LogP contribution in [-0.4, -0.2) is 38.0 Å². The third-order valence-corrected chi connectivity index (χ3v) is 4.92. The Kier molecular flexibility index (Phi) is 6.52. The molecule has 25 heavy (non-hydrogen) atoms. The number of rotatable bonds is 7. The van der Waals surface area contributed by atoms with Crippen molar-refractivity contribution in [2.45, 2.75) is 6.42 Å². The minimum absolute atomic E-state index is 0.135. The Labute approximate surface area is 151 Å². The van der Waals surface area contributed by atoms with E-state index in [0.717, 1.165) is 22.2 Å². The zero-order valence-electron chi connectivity index (χ0n) is 13.6. The number of benzene rings is 2. The summed E-state index contributed by atoms with van der Waals surface area (Å²) in [4.78, 5) is 12.1. The number of carbonyl (C=O) groups is 1. The van der Waals surface area contributed by atoms with Gasteiger partial charge in [-0.1, -0.05) is 29.8 Å². The van der Waals surface area contributed by atoms with E-state index in [1.54, 1.807) is 18.2 Å². The molecule has 0 aliphatic carbocycles. The molecule has 0 spiro atoms. The van der Waals surface area contributed by atoms with E-state index in [-0.39, 0.29) is 18.8 Å². The first-order chi connectivity index (χ1) is 11.7. The van der Waals surface area contributed by atoms with Gasteiger partial charge in [-0.25, -0.2) is 12.8 Å². The lowest BCUT2D eigenvalue weighted by Crippen LogP contribution is -2.38. The number of sulfonamides is 1. The van der Waals surface area contributed by atoms with Crippen molar-refractivity contribution in [3.05, 3.63) is 64.9 Å². The molecule has 0 unspecified atom stereocenters. The van der Waals surface area contributed by atoms with E-state index in [9.17, 15) is 17.6 Å². The van der Waals surface area contributed by atoms with E-state index in [1.807, 2.05) is 6.07 Å². The molecule has 134 valence electrons. The predicted molar refractivity (Wildman–Crippen MR) is 96.6 cm³/mol. The molecule has 2 aromatic carbocycles. The highest BCUT2D eigenvalue weighted by molar-refractivity contribution is 7.88. The summed E-state index contributed by atoms with van der Waals surface area (Å²) in [7, 11) is -3.58. The minimum Gasteiger partial charge on any atom is -0.325 e. The van der Waals surface area contributed by atoms with Gasteiger partial charge in [-0.2, -0.15) is 4.31 Å². The summed E-state index contributed by atoms with van der Waals surface area (Å²) in [5.74, 6) is -1.03. The van der Waals surface area contributed by atoms with Crippen molar-refractivity contribution in [1.29, 1.82) is 0 Å². The molecule has 0 atom stereocenters. The van der Waals surface area contributed by atoms with Crippen LogP contribution >= 0.6 is 11.6 Å². The Hall–Kier alpha value is -1.96. The number of amides is 1. The summed E-state index contributed by atoms with van der Waals surface area (Å²) in [6, 6.07) is 12.5. The fourth-order valence-electron chi connectivity index (χ4n) is 2.24. The van der Waals surface area contributed by atoms with Crippen LogP contribution in [0.15, 0.2) is 48.5 Å². The van der Waals surface area contributed by atoms with E-state index in [1.165, 1.54) is 18.2 Å². The summed E-state index contributed by atoms with van der Waals surface area (Å²) >= 11 is 5.91. The van der Waals surface area contributed by atoms with E-state index >= 15 is 0 Å². The summed E-state index contributed by atoms with van der Waals surface area (Å²) in [5, 5.41) is 3.05. The Balaban J connectivity index is 2.01. The quantitative estimate of drug-likeness (QED) is 0.798. The highest BCUT2D eigenvalue weighted by atomic mass is 35.5. The van der Waals surface area contributed by atoms with Crippen LogP contribution in [0.4, 0.5) is 10.1 Å². The molecule has 0 saturated carbocycles. The normalized spacial score (nSPS) is 11.5. The van der Waals surface area contributed by atoms with Gasteiger partial charge in [0.25, 0.3) is 0 Å². The molecule has 8 heteroatoms. The zero-order valence-corrected chi connectivity index (χ0v) is 15.1. The smallest absolute Gasteiger partial charge is 0.239 e. The van der Waals surface area contributed by atoms with Gasteiger partial charge in [0, 0.05) is 17.3 Å². The van der Waals surface area contributed by atoms with Gasteiger partial charge in [-0.15, -0.1) is 0 Å². The van der Waals surface area contributed by atoms with Crippen LogP contribution in [0, 0.1) is 5.82 Å². The van der Waals surface area contributed by atoms with Crippen LogP contribution in [0.1, 0.15) is 5.56 Å². The summed E-state index contributed by atoms with van der Waals surface area (Å²) in [6.45, 7) is -0.217. The van der Waals surface area contributed by atoms with Crippen molar-refractivity contribution >= 4 is 33.2 Å². The molecule has 0 aromatic heterocycles. The molecule has 1 N–H and O–H groups in total. The fourth-order valence-corrected chi connectivity index (χ4v) is 3.22. The standard InChI is InChI=1S/C17H18ClFN2O3S/c1-25(23,24)21(9-8-13-4-2-5-14(18)10-13)12-17(22)20-16-7-3-6-15(19)11-16/h2-7,10-11H,8-9,12H2,1H3,(H,20,22). The highest BCUT2D eigenvalue weighted by Crippen LogP contribution is 2.13. The molecule has 0 bridgehead atoms. The number of hydrogen-bond acceptors (Lipinski definition) is 3. The van der Waals surface area contributed by atoms with Gasteiger partial charge in [0.2, 0.25) is 15.9 Å². The summed E-state index contributed by atoms with van der Waals surface area (Å²) < 4.78 is 38.1. The Morgan fingerprint density at radius 2 is 1.92 bits per heavy atom. The van der Waals surface area contributed by atoms with Crippen molar-refractivity contribution in [1.82, 2.24) is 4.31 Å². The lowest BCUT2D eigenvalue weighted by molar-refractivity contribution is -0.116. The topological polar surface area (TPSA) is 66.5 Å². The van der Waals surface area contributed by atoms with Crippen LogP contribution in [-0.2, 0) is 21.2 Å². The van der Waals surface area contributed by atoms with Crippen LogP contribution in [0.2, 0.25) is 5.02 Å². The molecule has 0 saturated heterocycles. The maximum absolute atomic E-state index is 13.1. The van der Waals surface area contributed by atoms with Gasteiger partial charge in [-0.3, -0.25) is 4.79 Å². The Morgan fingerprint density at radius 1 is 1.20 bits per heavy atom. The van der Waals surface area contributed by atoms with Crippen molar-refractivity contribution in [3.8, 4) is 0 Å². The van der Waals surface area contributed by atoms with Gasteiger partial charge >= 0.3 is 0 Å². The maximum atomic E-state index is 13.1. The lowest BCUT2D eigenvalue weighted by atomic mass is 10.1. The van der Waals surface area contributed by atoms with E-state index in [4.69, 9.17) is 11.6 Å². The molecule has 2 aromatic rings. The number of hydrogen-bond donors (Lipinski definition) is 1. The van der Waals surface area contributed by atoms with Crippen molar-refractivity contribution < 1.29 is 17.6 Å². The van der Waals surface area contributed by atoms with Gasteiger partial charge in [-0.05, 0) is 42.3 Å². The zero-order chi connectivity index (χ0) is 18.4. The molecule has 0 aliphatic heterocycles. The largest absolute Gasteiger partial charge is 0.325 e. The average Bonchev–Trinajstić information content (AvgIpc) is 2.50. The summed E-state index contributed by atoms with van der Waals surface area (Å²) in [6.07, 6.45) is 1.46. The van der Waals surface area contributed by atoms with Crippen LogP contribution in [0.25, 0.3) is 0 Å². The third kappa shape index (κ3) is 6.45. The second-order valence-corrected chi connectivity index (χ2v) is 7.95. The molecule has 2 rings (SSSR count). The molecule has 0 radical (unpaired) electrons. The minimum atomic E-state index is -3.58. The number of nitrogens with zero attached hydrogens (tertiary/aromatic N) is 1.